The third-order valence-corrected chi connectivity index (χ3v) is 12.8. The maximum Gasteiger partial charge on any atom is 0.350 e. The first-order chi connectivity index (χ1) is 31.4. The van der Waals surface area contributed by atoms with Gasteiger partial charge < -0.3 is 51.9 Å². The molecule has 0 saturated carbocycles. The van der Waals surface area contributed by atoms with Gasteiger partial charge in [-0.2, -0.15) is 0 Å². The molecule has 0 saturated heterocycles. The fourth-order valence-corrected chi connectivity index (χ4v) is 9.27. The van der Waals surface area contributed by atoms with Crippen LogP contribution in [-0.2, 0) is 38.3 Å². The second kappa shape index (κ2) is 22.4. The average Bonchev–Trinajstić information content (AvgIpc) is 3.33. The number of esters is 2. The molecule has 0 fully saturated rings. The molecule has 2 aliphatic heterocycles. The van der Waals surface area contributed by atoms with Crippen LogP contribution in [-0.4, -0.2) is 125 Å². The predicted octanol–water partition coefficient (Wildman–Crippen LogP) is 7.68. The van der Waals surface area contributed by atoms with Gasteiger partial charge in [0.1, 0.15) is 16.8 Å². The predicted molar refractivity (Wildman–Crippen MR) is 246 cm³/mol. The van der Waals surface area contributed by atoms with Crippen LogP contribution in [0.25, 0.3) is 0 Å². The maximum absolute atomic E-state index is 13.0. The monoisotopic (exact) mass is 917 g/mol. The van der Waals surface area contributed by atoms with E-state index in [9.17, 15) is 9.59 Å². The molecule has 14 nitrogen and oxygen atoms in total. The van der Waals surface area contributed by atoms with Gasteiger partial charge in [0, 0.05) is 44.0 Å². The molecule has 15 heteroatoms. The van der Waals surface area contributed by atoms with E-state index < -0.39 is 11.9 Å². The Morgan fingerprint density at radius 2 is 1.25 bits per heavy atom. The van der Waals surface area contributed by atoms with E-state index in [2.05, 4.69) is 36.2 Å². The molecular weight excluding hydrogens is 856 g/mol. The van der Waals surface area contributed by atoms with Crippen molar-refractivity contribution < 1.29 is 61.4 Å². The van der Waals surface area contributed by atoms with E-state index in [0.29, 0.717) is 77.1 Å². The van der Waals surface area contributed by atoms with Gasteiger partial charge in [-0.15, -0.1) is 0 Å². The molecule has 3 atom stereocenters. The molecule has 65 heavy (non-hydrogen) atoms. The number of hydrogen-bond acceptors (Lipinski definition) is 13. The van der Waals surface area contributed by atoms with Crippen molar-refractivity contribution in [3.63, 3.8) is 0 Å². The van der Waals surface area contributed by atoms with Gasteiger partial charge in [0.2, 0.25) is 5.75 Å². The smallest absolute Gasteiger partial charge is 0.350 e. The topological polar surface area (TPSA) is 130 Å². The zero-order chi connectivity index (χ0) is 46.7. The third-order valence-electron chi connectivity index (χ3n) is 12.5. The fourth-order valence-electron chi connectivity index (χ4n) is 9.12. The van der Waals surface area contributed by atoms with Crippen molar-refractivity contribution in [1.29, 1.82) is 0 Å². The highest BCUT2D eigenvalue weighted by molar-refractivity contribution is 6.42. The Morgan fingerprint density at radius 3 is 1.83 bits per heavy atom. The summed E-state index contributed by atoms with van der Waals surface area (Å²) in [5, 5.41) is -0.347. The molecular formula is C50H62ClN2O12+. The summed E-state index contributed by atoms with van der Waals surface area (Å²) >= 11 is 6.31. The molecule has 0 spiro atoms. The number of benzene rings is 4. The molecule has 0 aromatic heterocycles. The second-order valence-electron chi connectivity index (χ2n) is 16.2. The fraction of sp³-hybridized carbons (Fsp3) is 0.440. The van der Waals surface area contributed by atoms with Crippen molar-refractivity contribution in [2.45, 2.75) is 44.2 Å². The van der Waals surface area contributed by atoms with E-state index in [0.717, 1.165) is 60.0 Å². The molecule has 4 aromatic carbocycles. The molecule has 0 aliphatic carbocycles. The lowest BCUT2D eigenvalue weighted by molar-refractivity contribution is -0.941. The van der Waals surface area contributed by atoms with Crippen LogP contribution in [0.1, 0.15) is 58.3 Å². The van der Waals surface area contributed by atoms with Crippen molar-refractivity contribution in [1.82, 2.24) is 4.90 Å². The summed E-state index contributed by atoms with van der Waals surface area (Å²) in [5.41, 5.74) is 6.74. The van der Waals surface area contributed by atoms with E-state index in [-0.39, 0.29) is 30.3 Å². The first-order valence-electron chi connectivity index (χ1n) is 21.7. The van der Waals surface area contributed by atoms with Gasteiger partial charge in [-0.1, -0.05) is 23.7 Å². The first-order valence-corrected chi connectivity index (χ1v) is 22.0. The molecule has 2 heterocycles. The second-order valence-corrected chi connectivity index (χ2v) is 16.6. The molecule has 4 aromatic rings. The number of fused-ring (bicyclic) bond motifs is 2. The summed E-state index contributed by atoms with van der Waals surface area (Å²) in [7, 11) is 15.2. The standard InChI is InChI=1S/C50H62ClN2O12/c1-53(21-17-35-28-42(58-4)43(59-5)29-37(35)40(53)24-32-25-45(61-7)49(63-9)46(26-32)62-8)20-11-23-65-50(55)39(51)31-47(54)64-22-10-18-52-19-16-34-27-41(57-3)44(60-6)30-38(34)48(52)33-12-14-36(56-2)15-13-33/h12-15,25-31,40,48H,10-11,16-24H2,1-9H3/q+1/b39-31-/t40-,48+,53-/m1/s1. The lowest BCUT2D eigenvalue weighted by Crippen LogP contribution is -2.52. The molecule has 0 bridgehead atoms. The number of carbonyl (C=O) groups is 2. The van der Waals surface area contributed by atoms with Crippen LogP contribution in [0.2, 0.25) is 0 Å². The number of nitrogens with zero attached hydrogens (tertiary/aromatic N) is 2. The number of likely N-dealkylation sites (N-methyl/N-ethyl adjacent to an activating group) is 1. The van der Waals surface area contributed by atoms with Crippen LogP contribution < -0.4 is 37.9 Å². The van der Waals surface area contributed by atoms with Crippen molar-refractivity contribution >= 4 is 23.5 Å². The Hall–Kier alpha value is -5.83. The average molecular weight is 919 g/mol. The summed E-state index contributed by atoms with van der Waals surface area (Å²) in [4.78, 5) is 28.2. The van der Waals surface area contributed by atoms with Gasteiger partial charge in [0.05, 0.1) is 96.3 Å². The molecule has 6 rings (SSSR count). The van der Waals surface area contributed by atoms with Gasteiger partial charge in [-0.3, -0.25) is 4.90 Å². The largest absolute Gasteiger partial charge is 0.497 e. The Morgan fingerprint density at radius 1 is 0.677 bits per heavy atom. The normalized spacial score (nSPS) is 18.1. The third kappa shape index (κ3) is 11.2. The molecule has 0 radical (unpaired) electrons. The Labute approximate surface area is 387 Å². The van der Waals surface area contributed by atoms with Crippen molar-refractivity contribution in [2.24, 2.45) is 0 Å². The van der Waals surface area contributed by atoms with Gasteiger partial charge in [0.15, 0.2) is 34.5 Å². The lowest BCUT2D eigenvalue weighted by atomic mass is 9.86. The summed E-state index contributed by atoms with van der Waals surface area (Å²) in [6.07, 6.45) is 4.35. The molecule has 350 valence electrons. The van der Waals surface area contributed by atoms with Crippen LogP contribution >= 0.6 is 11.6 Å². The minimum absolute atomic E-state index is 0.0120. The maximum atomic E-state index is 13.0. The zero-order valence-corrected chi connectivity index (χ0v) is 39.7. The lowest BCUT2D eigenvalue weighted by Gasteiger charge is -2.46. The van der Waals surface area contributed by atoms with Crippen LogP contribution in [0, 0.1) is 0 Å². The minimum atomic E-state index is -0.789. The summed E-state index contributed by atoms with van der Waals surface area (Å²) < 4.78 is 56.8. The SMILES string of the molecule is COc1ccc([C@H]2c3cc(OC)c(OC)cc3CCN2CCCOC(=O)/C=C(\Cl)C(=O)OCCC[N@+]2(C)CCc3cc(OC)c(OC)cc3[C@H]2Cc2cc(OC)c(OC)c(OC)c2)cc1. The van der Waals surface area contributed by atoms with Gasteiger partial charge in [0.25, 0.3) is 0 Å². The molecule has 2 aliphatic rings. The minimum Gasteiger partial charge on any atom is -0.497 e. The highest BCUT2D eigenvalue weighted by atomic mass is 35.5. The number of quaternary nitrogens is 1. The van der Waals surface area contributed by atoms with E-state index in [1.807, 2.05) is 36.4 Å². The van der Waals surface area contributed by atoms with Crippen molar-refractivity contribution in [2.75, 3.05) is 103 Å². The number of rotatable bonds is 21. The summed E-state index contributed by atoms with van der Waals surface area (Å²) in [6, 6.07) is 20.1. The van der Waals surface area contributed by atoms with E-state index in [1.165, 1.54) is 11.1 Å². The Bertz CT molecular complexity index is 2290. The number of ether oxygens (including phenoxy) is 10. The number of carbonyl (C=O) groups excluding carboxylic acids is 2. The van der Waals surface area contributed by atoms with Gasteiger partial charge in [-0.25, -0.2) is 9.59 Å². The quantitative estimate of drug-likeness (QED) is 0.0351. The molecule has 0 N–H and O–H groups in total. The van der Waals surface area contributed by atoms with Crippen molar-refractivity contribution in [3.05, 3.63) is 105 Å². The Balaban J connectivity index is 1.06. The van der Waals surface area contributed by atoms with E-state index in [1.54, 1.807) is 56.9 Å². The number of methoxy groups -OCH3 is 8. The van der Waals surface area contributed by atoms with E-state index >= 15 is 0 Å². The Kier molecular flexibility index (Phi) is 16.7. The zero-order valence-electron chi connectivity index (χ0n) is 39.0. The van der Waals surface area contributed by atoms with Crippen LogP contribution in [0.4, 0.5) is 0 Å². The number of halogens is 1. The van der Waals surface area contributed by atoms with Gasteiger partial charge in [-0.05, 0) is 89.2 Å². The van der Waals surface area contributed by atoms with Crippen LogP contribution in [0.3, 0.4) is 0 Å². The van der Waals surface area contributed by atoms with Gasteiger partial charge >= 0.3 is 11.9 Å². The van der Waals surface area contributed by atoms with Crippen LogP contribution in [0.15, 0.2) is 71.8 Å². The summed E-state index contributed by atoms with van der Waals surface area (Å²) in [6.45, 7) is 3.18. The van der Waals surface area contributed by atoms with Crippen molar-refractivity contribution in [3.8, 4) is 46.0 Å². The highest BCUT2D eigenvalue weighted by Gasteiger charge is 2.40. The van der Waals surface area contributed by atoms with Crippen LogP contribution in [0.5, 0.6) is 46.0 Å². The van der Waals surface area contributed by atoms with E-state index in [4.69, 9.17) is 59.0 Å². The highest BCUT2D eigenvalue weighted by Crippen LogP contribution is 2.45. The summed E-state index contributed by atoms with van der Waals surface area (Å²) in [5.74, 6) is 3.63. The first kappa shape index (κ1) is 48.6. The molecule has 0 amide bonds. The molecule has 0 unspecified atom stereocenters. The number of hydrogen-bond donors (Lipinski definition) is 0.